The molecule has 0 unspecified atom stereocenters. The third-order valence-electron chi connectivity index (χ3n) is 3.58. The van der Waals surface area contributed by atoms with Crippen molar-refractivity contribution in [3.8, 4) is 0 Å². The van der Waals surface area contributed by atoms with Crippen molar-refractivity contribution in [1.29, 1.82) is 0 Å². The van der Waals surface area contributed by atoms with E-state index < -0.39 is 23.5 Å². The number of nitrogens with one attached hydrogen (secondary N) is 2. The van der Waals surface area contributed by atoms with E-state index >= 15 is 0 Å². The molecule has 2 aromatic carbocycles. The van der Waals surface area contributed by atoms with Crippen molar-refractivity contribution in [2.75, 3.05) is 10.6 Å². The Morgan fingerprint density at radius 3 is 2.33 bits per heavy atom. The number of hydrogen-bond donors (Lipinski definition) is 2. The van der Waals surface area contributed by atoms with Crippen LogP contribution in [0.2, 0.25) is 0 Å². The Kier molecular flexibility index (Phi) is 5.07. The van der Waals surface area contributed by atoms with Crippen LogP contribution in [0, 0.1) is 5.82 Å². The number of carbonyl (C=O) groups excluding carboxylic acids is 1. The molecule has 0 atom stereocenters. The molecule has 0 fully saturated rings. The summed E-state index contributed by atoms with van der Waals surface area (Å²) in [6.07, 6.45) is -1.75. The highest BCUT2D eigenvalue weighted by atomic mass is 19.4. The van der Waals surface area contributed by atoms with Gasteiger partial charge in [-0.1, -0.05) is 6.07 Å². The highest BCUT2D eigenvalue weighted by Crippen LogP contribution is 2.31. The zero-order valence-electron chi connectivity index (χ0n) is 13.7. The molecular formula is C19H13F4N3O. The van der Waals surface area contributed by atoms with E-state index in [2.05, 4.69) is 15.6 Å². The first-order chi connectivity index (χ1) is 12.8. The molecule has 1 amide bonds. The zero-order valence-corrected chi connectivity index (χ0v) is 13.7. The summed E-state index contributed by atoms with van der Waals surface area (Å²) in [7, 11) is 0. The van der Waals surface area contributed by atoms with Crippen LogP contribution in [-0.4, -0.2) is 10.9 Å². The number of anilines is 3. The van der Waals surface area contributed by atoms with Gasteiger partial charge in [0, 0.05) is 17.6 Å². The van der Waals surface area contributed by atoms with Crippen LogP contribution in [0.25, 0.3) is 0 Å². The lowest BCUT2D eigenvalue weighted by Gasteiger charge is -2.11. The summed E-state index contributed by atoms with van der Waals surface area (Å²) in [6, 6.07) is 11.4. The fourth-order valence-electron chi connectivity index (χ4n) is 2.31. The second-order valence-electron chi connectivity index (χ2n) is 5.63. The first kappa shape index (κ1) is 18.4. The molecule has 0 spiro atoms. The first-order valence-electron chi connectivity index (χ1n) is 7.77. The van der Waals surface area contributed by atoms with Crippen molar-refractivity contribution >= 4 is 23.0 Å². The van der Waals surface area contributed by atoms with Gasteiger partial charge in [0.25, 0.3) is 5.91 Å². The van der Waals surface area contributed by atoms with Crippen molar-refractivity contribution in [2.24, 2.45) is 0 Å². The molecule has 0 aliphatic heterocycles. The van der Waals surface area contributed by atoms with Gasteiger partial charge in [-0.05, 0) is 48.5 Å². The Hall–Kier alpha value is -3.42. The van der Waals surface area contributed by atoms with E-state index in [9.17, 15) is 22.4 Å². The molecule has 1 aromatic heterocycles. The number of nitrogens with zero attached hydrogens (tertiary/aromatic N) is 1. The Morgan fingerprint density at radius 1 is 0.889 bits per heavy atom. The Labute approximate surface area is 151 Å². The molecular weight excluding hydrogens is 362 g/mol. The minimum absolute atomic E-state index is 0.191. The Morgan fingerprint density at radius 2 is 1.63 bits per heavy atom. The zero-order chi connectivity index (χ0) is 19.4. The molecule has 0 aliphatic rings. The normalized spacial score (nSPS) is 11.1. The van der Waals surface area contributed by atoms with E-state index in [0.717, 1.165) is 12.1 Å². The maximum Gasteiger partial charge on any atom is 0.416 e. The van der Waals surface area contributed by atoms with Crippen molar-refractivity contribution < 1.29 is 22.4 Å². The van der Waals surface area contributed by atoms with Crippen LogP contribution in [0.1, 0.15) is 15.9 Å². The molecule has 8 heteroatoms. The predicted molar refractivity (Wildman–Crippen MR) is 93.3 cm³/mol. The number of amides is 1. The topological polar surface area (TPSA) is 54.0 Å². The standard InChI is InChI=1S/C19H13F4N3O/c20-14-4-6-15(7-5-14)26-18(27)12-8-17(11-24-10-12)25-16-3-1-2-13(9-16)19(21,22)23/h1-11,25H,(H,26,27). The molecule has 0 aliphatic carbocycles. The van der Waals surface area contributed by atoms with Crippen LogP contribution in [-0.2, 0) is 6.18 Å². The summed E-state index contributed by atoms with van der Waals surface area (Å²) < 4.78 is 51.3. The minimum atomic E-state index is -4.45. The molecule has 3 rings (SSSR count). The van der Waals surface area contributed by atoms with Gasteiger partial charge in [0.15, 0.2) is 0 Å². The first-order valence-corrected chi connectivity index (χ1v) is 7.77. The SMILES string of the molecule is O=C(Nc1ccc(F)cc1)c1cncc(Nc2cccc(C(F)(F)F)c2)c1. The largest absolute Gasteiger partial charge is 0.416 e. The van der Waals surface area contributed by atoms with Gasteiger partial charge >= 0.3 is 6.18 Å². The maximum atomic E-state index is 12.9. The minimum Gasteiger partial charge on any atom is -0.354 e. The average molecular weight is 375 g/mol. The van der Waals surface area contributed by atoms with E-state index in [1.165, 1.54) is 54.9 Å². The number of pyridine rings is 1. The highest BCUT2D eigenvalue weighted by Gasteiger charge is 2.30. The van der Waals surface area contributed by atoms with E-state index in [1.807, 2.05) is 0 Å². The van der Waals surface area contributed by atoms with E-state index in [1.54, 1.807) is 0 Å². The lowest BCUT2D eigenvalue weighted by atomic mass is 10.2. The maximum absolute atomic E-state index is 12.9. The molecule has 0 saturated carbocycles. The summed E-state index contributed by atoms with van der Waals surface area (Å²) >= 11 is 0. The molecule has 0 bridgehead atoms. The summed E-state index contributed by atoms with van der Waals surface area (Å²) in [6.45, 7) is 0. The fraction of sp³-hybridized carbons (Fsp3) is 0.0526. The third kappa shape index (κ3) is 4.81. The molecule has 138 valence electrons. The van der Waals surface area contributed by atoms with Gasteiger partial charge < -0.3 is 10.6 Å². The second kappa shape index (κ2) is 7.45. The molecule has 2 N–H and O–H groups in total. The summed E-state index contributed by atoms with van der Waals surface area (Å²) in [5.41, 5.74) is 0.364. The molecule has 0 radical (unpaired) electrons. The third-order valence-corrected chi connectivity index (χ3v) is 3.58. The quantitative estimate of drug-likeness (QED) is 0.614. The van der Waals surface area contributed by atoms with Gasteiger partial charge in [-0.3, -0.25) is 9.78 Å². The molecule has 3 aromatic rings. The lowest BCUT2D eigenvalue weighted by molar-refractivity contribution is -0.137. The summed E-state index contributed by atoms with van der Waals surface area (Å²) in [5, 5.41) is 5.37. The van der Waals surface area contributed by atoms with Crippen molar-refractivity contribution in [3.63, 3.8) is 0 Å². The van der Waals surface area contributed by atoms with Crippen LogP contribution >= 0.6 is 0 Å². The number of rotatable bonds is 4. The monoisotopic (exact) mass is 375 g/mol. The van der Waals surface area contributed by atoms with Gasteiger partial charge in [-0.2, -0.15) is 13.2 Å². The number of hydrogen-bond acceptors (Lipinski definition) is 3. The number of alkyl halides is 3. The highest BCUT2D eigenvalue weighted by molar-refractivity contribution is 6.04. The van der Waals surface area contributed by atoms with E-state index in [-0.39, 0.29) is 11.3 Å². The van der Waals surface area contributed by atoms with Gasteiger partial charge in [0.05, 0.1) is 23.0 Å². The molecule has 1 heterocycles. The fourth-order valence-corrected chi connectivity index (χ4v) is 2.31. The molecule has 4 nitrogen and oxygen atoms in total. The van der Waals surface area contributed by atoms with Crippen molar-refractivity contribution in [1.82, 2.24) is 4.98 Å². The summed E-state index contributed by atoms with van der Waals surface area (Å²) in [4.78, 5) is 16.2. The molecule has 0 saturated heterocycles. The van der Waals surface area contributed by atoms with Crippen molar-refractivity contribution in [2.45, 2.75) is 6.18 Å². The second-order valence-corrected chi connectivity index (χ2v) is 5.63. The van der Waals surface area contributed by atoms with Gasteiger partial charge in [0.1, 0.15) is 5.82 Å². The van der Waals surface area contributed by atoms with Crippen LogP contribution in [0.5, 0.6) is 0 Å². The Balaban J connectivity index is 1.75. The van der Waals surface area contributed by atoms with Crippen LogP contribution in [0.15, 0.2) is 67.0 Å². The molecule has 27 heavy (non-hydrogen) atoms. The average Bonchev–Trinajstić information content (AvgIpc) is 2.63. The van der Waals surface area contributed by atoms with Crippen molar-refractivity contribution in [3.05, 3.63) is 83.9 Å². The predicted octanol–water partition coefficient (Wildman–Crippen LogP) is 5.24. The number of carbonyl (C=O) groups is 1. The van der Waals surface area contributed by atoms with E-state index in [4.69, 9.17) is 0 Å². The van der Waals surface area contributed by atoms with E-state index in [0.29, 0.717) is 11.4 Å². The van der Waals surface area contributed by atoms with Crippen LogP contribution in [0.3, 0.4) is 0 Å². The number of halogens is 4. The van der Waals surface area contributed by atoms with Gasteiger partial charge in [-0.25, -0.2) is 4.39 Å². The van der Waals surface area contributed by atoms with Gasteiger partial charge in [-0.15, -0.1) is 0 Å². The smallest absolute Gasteiger partial charge is 0.354 e. The number of aromatic nitrogens is 1. The van der Waals surface area contributed by atoms with Gasteiger partial charge in [0.2, 0.25) is 0 Å². The van der Waals surface area contributed by atoms with Crippen LogP contribution < -0.4 is 10.6 Å². The lowest BCUT2D eigenvalue weighted by Crippen LogP contribution is -2.12. The number of benzene rings is 2. The Bertz CT molecular complexity index is 956. The summed E-state index contributed by atoms with van der Waals surface area (Å²) in [5.74, 6) is -0.913. The van der Waals surface area contributed by atoms with Crippen LogP contribution in [0.4, 0.5) is 34.6 Å².